The van der Waals surface area contributed by atoms with Gasteiger partial charge in [-0.3, -0.25) is 4.79 Å². The van der Waals surface area contributed by atoms with E-state index in [-0.39, 0.29) is 12.3 Å². The summed E-state index contributed by atoms with van der Waals surface area (Å²) in [6.07, 6.45) is 3.77. The molecule has 1 saturated carbocycles. The lowest BCUT2D eigenvalue weighted by Crippen LogP contribution is -2.45. The molecule has 0 bridgehead atoms. The molecule has 0 spiro atoms. The third kappa shape index (κ3) is 3.14. The van der Waals surface area contributed by atoms with E-state index in [2.05, 4.69) is 16.4 Å². The quantitative estimate of drug-likeness (QED) is 0.940. The summed E-state index contributed by atoms with van der Waals surface area (Å²) in [5.74, 6) is -0.110. The maximum Gasteiger partial charge on any atom is 0.227 e. The Morgan fingerprint density at radius 3 is 2.90 bits per heavy atom. The van der Waals surface area contributed by atoms with E-state index in [9.17, 15) is 10.1 Å². The Hall–Kier alpha value is -1.71. The van der Waals surface area contributed by atoms with Crippen molar-refractivity contribution in [1.82, 2.24) is 10.3 Å². The third-order valence-corrected chi connectivity index (χ3v) is 5.61. The second-order valence-corrected chi connectivity index (χ2v) is 7.05. The summed E-state index contributed by atoms with van der Waals surface area (Å²) in [5, 5.41) is 17.1. The van der Waals surface area contributed by atoms with Gasteiger partial charge in [0.15, 0.2) is 0 Å². The van der Waals surface area contributed by atoms with Crippen molar-refractivity contribution in [3.8, 4) is 16.0 Å². The van der Waals surface area contributed by atoms with Gasteiger partial charge in [0, 0.05) is 5.38 Å². The largest absolute Gasteiger partial charge is 0.337 e. The number of hydrogen-bond donors (Lipinski definition) is 1. The highest BCUT2D eigenvalue weighted by molar-refractivity contribution is 7.20. The van der Waals surface area contributed by atoms with Crippen LogP contribution in [0.1, 0.15) is 31.4 Å². The molecule has 2 heterocycles. The molecule has 4 nitrogen and oxygen atoms in total. The van der Waals surface area contributed by atoms with Gasteiger partial charge in [-0.25, -0.2) is 4.98 Å². The van der Waals surface area contributed by atoms with Gasteiger partial charge in [0.1, 0.15) is 10.5 Å². The Balaban J connectivity index is 1.64. The summed E-state index contributed by atoms with van der Waals surface area (Å²) in [6, 6.07) is 6.29. The minimum Gasteiger partial charge on any atom is -0.337 e. The van der Waals surface area contributed by atoms with Gasteiger partial charge in [-0.05, 0) is 37.1 Å². The summed E-state index contributed by atoms with van der Waals surface area (Å²) >= 11 is 3.19. The van der Waals surface area contributed by atoms with Crippen molar-refractivity contribution in [3.63, 3.8) is 0 Å². The average molecular weight is 317 g/mol. The number of thiazole rings is 1. The zero-order valence-corrected chi connectivity index (χ0v) is 13.1. The van der Waals surface area contributed by atoms with Gasteiger partial charge >= 0.3 is 0 Å². The molecule has 0 aliphatic heterocycles. The second kappa shape index (κ2) is 5.96. The van der Waals surface area contributed by atoms with Crippen LogP contribution in [0.15, 0.2) is 22.9 Å². The molecule has 1 aliphatic rings. The summed E-state index contributed by atoms with van der Waals surface area (Å²) in [6.45, 7) is 0. The monoisotopic (exact) mass is 317 g/mol. The Kier molecular flexibility index (Phi) is 4.04. The molecule has 2 aromatic rings. The van der Waals surface area contributed by atoms with Crippen LogP contribution in [0.3, 0.4) is 0 Å². The van der Waals surface area contributed by atoms with Gasteiger partial charge in [0.2, 0.25) is 5.91 Å². The Labute approximate surface area is 131 Å². The molecular formula is C15H15N3OS2. The highest BCUT2D eigenvalue weighted by Gasteiger charge is 2.35. The molecule has 3 rings (SSSR count). The van der Waals surface area contributed by atoms with Gasteiger partial charge in [-0.2, -0.15) is 5.26 Å². The van der Waals surface area contributed by atoms with Crippen LogP contribution < -0.4 is 5.32 Å². The van der Waals surface area contributed by atoms with Crippen molar-refractivity contribution in [2.24, 2.45) is 0 Å². The van der Waals surface area contributed by atoms with E-state index in [1.807, 2.05) is 22.9 Å². The van der Waals surface area contributed by atoms with Crippen molar-refractivity contribution in [2.75, 3.05) is 0 Å². The fourth-order valence-electron chi connectivity index (χ4n) is 2.62. The standard InChI is InChI=1S/C15H15N3OS2/c16-10-15(5-1-2-6-15)18-13(19)8-11-9-21-14(17-11)12-4-3-7-20-12/h3-4,7,9H,1-2,5-6,8H2,(H,18,19). The SMILES string of the molecule is N#CC1(NC(=O)Cc2csc(-c3cccs3)n2)CCCC1. The van der Waals surface area contributed by atoms with Crippen LogP contribution in [0.4, 0.5) is 0 Å². The molecular weight excluding hydrogens is 302 g/mol. The van der Waals surface area contributed by atoms with Crippen LogP contribution in [0.25, 0.3) is 9.88 Å². The van der Waals surface area contributed by atoms with Crippen molar-refractivity contribution in [1.29, 1.82) is 5.26 Å². The molecule has 6 heteroatoms. The molecule has 2 aromatic heterocycles. The van der Waals surface area contributed by atoms with Crippen molar-refractivity contribution < 1.29 is 4.79 Å². The Bertz CT molecular complexity index is 663. The molecule has 0 unspecified atom stereocenters. The summed E-state index contributed by atoms with van der Waals surface area (Å²) < 4.78 is 0. The van der Waals surface area contributed by atoms with E-state index in [0.29, 0.717) is 0 Å². The molecule has 21 heavy (non-hydrogen) atoms. The van der Waals surface area contributed by atoms with Gasteiger partial charge in [0.25, 0.3) is 0 Å². The lowest BCUT2D eigenvalue weighted by Gasteiger charge is -2.21. The minimum absolute atomic E-state index is 0.110. The maximum absolute atomic E-state index is 12.1. The van der Waals surface area contributed by atoms with Crippen LogP contribution in [0.5, 0.6) is 0 Å². The number of nitriles is 1. The number of nitrogens with zero attached hydrogens (tertiary/aromatic N) is 2. The van der Waals surface area contributed by atoms with Crippen LogP contribution in [-0.4, -0.2) is 16.4 Å². The van der Waals surface area contributed by atoms with Gasteiger partial charge in [-0.15, -0.1) is 22.7 Å². The molecule has 0 radical (unpaired) electrons. The van der Waals surface area contributed by atoms with Crippen LogP contribution >= 0.6 is 22.7 Å². The molecule has 0 aromatic carbocycles. The number of thiophene rings is 1. The van der Waals surface area contributed by atoms with Gasteiger partial charge in [-0.1, -0.05) is 6.07 Å². The molecule has 1 N–H and O–H groups in total. The predicted molar refractivity (Wildman–Crippen MR) is 84.1 cm³/mol. The van der Waals surface area contributed by atoms with Crippen LogP contribution in [0.2, 0.25) is 0 Å². The first kappa shape index (κ1) is 14.2. The lowest BCUT2D eigenvalue weighted by molar-refractivity contribution is -0.121. The first-order valence-corrected chi connectivity index (χ1v) is 8.67. The van der Waals surface area contributed by atoms with Crippen molar-refractivity contribution >= 4 is 28.6 Å². The van der Waals surface area contributed by atoms with Crippen molar-refractivity contribution in [3.05, 3.63) is 28.6 Å². The normalized spacial score (nSPS) is 16.5. The number of carbonyl (C=O) groups is 1. The summed E-state index contributed by atoms with van der Waals surface area (Å²) in [4.78, 5) is 17.8. The van der Waals surface area contributed by atoms with E-state index >= 15 is 0 Å². The molecule has 1 amide bonds. The van der Waals surface area contributed by atoms with Crippen molar-refractivity contribution in [2.45, 2.75) is 37.6 Å². The highest BCUT2D eigenvalue weighted by Crippen LogP contribution is 2.30. The van der Waals surface area contributed by atoms with E-state index in [4.69, 9.17) is 0 Å². The number of carbonyl (C=O) groups excluding carboxylic acids is 1. The second-order valence-electron chi connectivity index (χ2n) is 5.25. The Morgan fingerprint density at radius 1 is 1.43 bits per heavy atom. The number of amides is 1. The first-order chi connectivity index (χ1) is 10.2. The highest BCUT2D eigenvalue weighted by atomic mass is 32.1. The molecule has 0 saturated heterocycles. The third-order valence-electron chi connectivity index (χ3n) is 3.68. The van der Waals surface area contributed by atoms with E-state index < -0.39 is 5.54 Å². The predicted octanol–water partition coefficient (Wildman–Crippen LogP) is 3.37. The zero-order chi connectivity index (χ0) is 14.7. The van der Waals surface area contributed by atoms with Crippen LogP contribution in [-0.2, 0) is 11.2 Å². The summed E-state index contributed by atoms with van der Waals surface area (Å²) in [5.41, 5.74) is 0.121. The molecule has 108 valence electrons. The van der Waals surface area contributed by atoms with E-state index in [1.165, 1.54) is 0 Å². The molecule has 0 atom stereocenters. The lowest BCUT2D eigenvalue weighted by atomic mass is 9.99. The van der Waals surface area contributed by atoms with Gasteiger partial charge in [0.05, 0.1) is 23.1 Å². The zero-order valence-electron chi connectivity index (χ0n) is 11.5. The topological polar surface area (TPSA) is 65.8 Å². The van der Waals surface area contributed by atoms with E-state index in [0.717, 1.165) is 41.3 Å². The van der Waals surface area contributed by atoms with E-state index in [1.54, 1.807) is 22.7 Å². The van der Waals surface area contributed by atoms with Gasteiger partial charge < -0.3 is 5.32 Å². The van der Waals surface area contributed by atoms with Crippen LogP contribution in [0, 0.1) is 11.3 Å². The summed E-state index contributed by atoms with van der Waals surface area (Å²) in [7, 11) is 0. The average Bonchev–Trinajstić information content (AvgIpc) is 3.19. The fraction of sp³-hybridized carbons (Fsp3) is 0.400. The number of rotatable bonds is 4. The first-order valence-electron chi connectivity index (χ1n) is 6.91. The number of aromatic nitrogens is 1. The smallest absolute Gasteiger partial charge is 0.227 e. The number of hydrogen-bond acceptors (Lipinski definition) is 5. The fourth-order valence-corrected chi connectivity index (χ4v) is 4.25. The number of nitrogens with one attached hydrogen (secondary N) is 1. The molecule has 1 fully saturated rings. The molecule has 1 aliphatic carbocycles. The minimum atomic E-state index is -0.649. The Morgan fingerprint density at radius 2 is 2.24 bits per heavy atom. The maximum atomic E-state index is 12.1.